The number of aromatic nitrogens is 4. The largest absolute Gasteiger partial charge is 0.489 e. The van der Waals surface area contributed by atoms with E-state index in [1.54, 1.807) is 0 Å². The number of imidazole rings is 1. The number of hydrogen-bond acceptors (Lipinski definition) is 7. The molecule has 1 atom stereocenters. The molecule has 0 fully saturated rings. The molecular weight excluding hydrogens is 406 g/mol. The smallest absolute Gasteiger partial charge is 0.212 e. The van der Waals surface area contributed by atoms with Crippen molar-refractivity contribution in [3.63, 3.8) is 0 Å². The Bertz CT molecular complexity index is 1370. The van der Waals surface area contributed by atoms with E-state index in [2.05, 4.69) is 12.2 Å². The Labute approximate surface area is 184 Å². The maximum Gasteiger partial charge on any atom is 0.212 e. The number of nitrogens with zero attached hydrogens (tertiary/aromatic N) is 5. The molecule has 162 valence electrons. The van der Waals surface area contributed by atoms with Crippen LogP contribution in [0.2, 0.25) is 0 Å². The number of hydrogen-bond donors (Lipinski definition) is 2. The van der Waals surface area contributed by atoms with Crippen LogP contribution in [0, 0.1) is 13.8 Å². The summed E-state index contributed by atoms with van der Waals surface area (Å²) in [6.07, 6.45) is 0.443. The summed E-state index contributed by atoms with van der Waals surface area (Å²) >= 11 is 0. The highest BCUT2D eigenvalue weighted by molar-refractivity contribution is 5.95. The predicted molar refractivity (Wildman–Crippen MR) is 122 cm³/mol. The second kappa shape index (κ2) is 7.01. The molecule has 9 nitrogen and oxygen atoms in total. The van der Waals surface area contributed by atoms with E-state index in [1.807, 2.05) is 58.6 Å². The summed E-state index contributed by atoms with van der Waals surface area (Å²) in [5.74, 6) is 2.37. The van der Waals surface area contributed by atoms with Crippen LogP contribution in [-0.2, 0) is 0 Å². The summed E-state index contributed by atoms with van der Waals surface area (Å²) in [6, 6.07) is 14.0. The molecule has 2 aliphatic heterocycles. The van der Waals surface area contributed by atoms with Crippen molar-refractivity contribution >= 4 is 22.9 Å². The molecule has 0 amide bonds. The van der Waals surface area contributed by atoms with E-state index in [4.69, 9.17) is 30.3 Å². The molecule has 2 aromatic heterocycles. The Balaban J connectivity index is 1.55. The van der Waals surface area contributed by atoms with Gasteiger partial charge in [-0.1, -0.05) is 18.2 Å². The van der Waals surface area contributed by atoms with Crippen LogP contribution in [0.5, 0.6) is 11.5 Å². The topological polar surface area (TPSA) is 105 Å². The first-order valence-corrected chi connectivity index (χ1v) is 10.6. The van der Waals surface area contributed by atoms with Gasteiger partial charge in [0.15, 0.2) is 23.6 Å². The van der Waals surface area contributed by atoms with Crippen LogP contribution in [0.3, 0.4) is 0 Å². The summed E-state index contributed by atoms with van der Waals surface area (Å²) in [5, 5.41) is 7.91. The summed E-state index contributed by atoms with van der Waals surface area (Å²) in [7, 11) is 0. The Morgan fingerprint density at radius 1 is 1.06 bits per heavy atom. The number of guanidine groups is 1. The fourth-order valence-corrected chi connectivity index (χ4v) is 4.47. The van der Waals surface area contributed by atoms with Crippen molar-refractivity contribution in [3.8, 4) is 17.2 Å². The van der Waals surface area contributed by atoms with Crippen LogP contribution >= 0.6 is 0 Å². The lowest BCUT2D eigenvalue weighted by Gasteiger charge is -2.24. The van der Waals surface area contributed by atoms with Gasteiger partial charge in [-0.2, -0.15) is 5.10 Å². The van der Waals surface area contributed by atoms with Crippen LogP contribution in [0.4, 0.5) is 5.95 Å². The maximum absolute atomic E-state index is 6.17. The molecule has 2 aromatic carbocycles. The number of aryl methyl sites for hydroxylation is 1. The van der Waals surface area contributed by atoms with Gasteiger partial charge in [0.2, 0.25) is 5.95 Å². The van der Waals surface area contributed by atoms with E-state index in [9.17, 15) is 0 Å². The Hall–Kier alpha value is -4.01. The van der Waals surface area contributed by atoms with E-state index in [-0.39, 0.29) is 0 Å². The number of benzene rings is 2. The van der Waals surface area contributed by atoms with Gasteiger partial charge in [0.05, 0.1) is 35.6 Å². The number of ether oxygens (including phenoxy) is 2. The first kappa shape index (κ1) is 18.7. The number of fused-ring (bicyclic) bond motifs is 4. The highest BCUT2D eigenvalue weighted by Crippen LogP contribution is 2.40. The molecule has 9 heteroatoms. The van der Waals surface area contributed by atoms with Crippen LogP contribution in [0.15, 0.2) is 47.5 Å². The first-order chi connectivity index (χ1) is 15.6. The lowest BCUT2D eigenvalue weighted by Crippen LogP contribution is -2.31. The molecule has 32 heavy (non-hydrogen) atoms. The number of rotatable bonds is 2. The Morgan fingerprint density at radius 3 is 2.59 bits per heavy atom. The van der Waals surface area contributed by atoms with Crippen molar-refractivity contribution in [2.75, 3.05) is 18.5 Å². The lowest BCUT2D eigenvalue weighted by molar-refractivity contribution is 0.297. The van der Waals surface area contributed by atoms with Crippen molar-refractivity contribution in [2.45, 2.75) is 26.4 Å². The standard InChI is InChI=1S/C23H23N7O2/c1-13-20(14(2)30(28-13)15-7-4-3-5-8-15)21-26-22(24)27-23-25-16-11-18-19(12-17(16)29(21)23)32-10-6-9-31-18/h3-5,7-8,11-12,21H,6,9-10H2,1-2H3,(H3,24,25,26,27)/t21-/m1/s1. The van der Waals surface area contributed by atoms with Gasteiger partial charge in [-0.15, -0.1) is 0 Å². The summed E-state index contributed by atoms with van der Waals surface area (Å²) < 4.78 is 15.8. The highest BCUT2D eigenvalue weighted by atomic mass is 16.5. The van der Waals surface area contributed by atoms with Gasteiger partial charge in [0.1, 0.15) is 0 Å². The maximum atomic E-state index is 6.17. The number of nitrogens with one attached hydrogen (secondary N) is 1. The first-order valence-electron chi connectivity index (χ1n) is 10.6. The minimum atomic E-state index is -0.404. The average molecular weight is 429 g/mol. The average Bonchev–Trinajstić information content (AvgIpc) is 3.17. The lowest BCUT2D eigenvalue weighted by atomic mass is 10.1. The highest BCUT2D eigenvalue weighted by Gasteiger charge is 2.31. The van der Waals surface area contributed by atoms with Gasteiger partial charge >= 0.3 is 0 Å². The Morgan fingerprint density at radius 2 is 1.81 bits per heavy atom. The zero-order valence-corrected chi connectivity index (χ0v) is 17.9. The second-order valence-electron chi connectivity index (χ2n) is 7.99. The van der Waals surface area contributed by atoms with Gasteiger partial charge < -0.3 is 15.2 Å². The number of aliphatic imine (C=N–C) groups is 1. The normalized spacial score (nSPS) is 17.4. The molecule has 0 saturated heterocycles. The fourth-order valence-electron chi connectivity index (χ4n) is 4.47. The molecule has 0 spiro atoms. The van der Waals surface area contributed by atoms with E-state index < -0.39 is 6.17 Å². The quantitative estimate of drug-likeness (QED) is 0.507. The van der Waals surface area contributed by atoms with Gasteiger partial charge in [-0.05, 0) is 26.0 Å². The van der Waals surface area contributed by atoms with Gasteiger partial charge in [-0.3, -0.25) is 9.88 Å². The molecule has 2 aliphatic rings. The molecule has 6 rings (SSSR count). The molecular formula is C23H23N7O2. The summed E-state index contributed by atoms with van der Waals surface area (Å²) in [6.45, 7) is 5.30. The molecule has 0 aliphatic carbocycles. The zero-order chi connectivity index (χ0) is 21.8. The molecule has 0 unspecified atom stereocenters. The summed E-state index contributed by atoms with van der Waals surface area (Å²) in [5.41, 5.74) is 11.7. The molecule has 0 bridgehead atoms. The third-order valence-corrected chi connectivity index (χ3v) is 5.91. The van der Waals surface area contributed by atoms with E-state index in [1.165, 1.54) is 0 Å². The molecule has 0 radical (unpaired) electrons. The van der Waals surface area contributed by atoms with E-state index in [0.717, 1.165) is 40.1 Å². The molecule has 0 saturated carbocycles. The number of nitrogens with two attached hydrogens (primary N) is 1. The SMILES string of the molecule is Cc1nn(-c2ccccc2)c(C)c1[C@@H]1N=C(N)Nc2nc3cc4c(cc3n21)OCCCO4. The Kier molecular flexibility index (Phi) is 4.11. The molecule has 4 aromatic rings. The molecule has 3 N–H and O–H groups in total. The third-order valence-electron chi connectivity index (χ3n) is 5.91. The van der Waals surface area contributed by atoms with Crippen molar-refractivity contribution in [2.24, 2.45) is 10.7 Å². The van der Waals surface area contributed by atoms with Gasteiger partial charge in [0, 0.05) is 29.8 Å². The van der Waals surface area contributed by atoms with Crippen molar-refractivity contribution in [1.29, 1.82) is 0 Å². The minimum Gasteiger partial charge on any atom is -0.489 e. The van der Waals surface area contributed by atoms with E-state index in [0.29, 0.717) is 36.6 Å². The summed E-state index contributed by atoms with van der Waals surface area (Å²) in [4.78, 5) is 9.53. The van der Waals surface area contributed by atoms with Gasteiger partial charge in [0.25, 0.3) is 0 Å². The predicted octanol–water partition coefficient (Wildman–Crippen LogP) is 3.29. The van der Waals surface area contributed by atoms with Gasteiger partial charge in [-0.25, -0.2) is 14.7 Å². The monoisotopic (exact) mass is 429 g/mol. The van der Waals surface area contributed by atoms with Crippen LogP contribution in [0.1, 0.15) is 29.5 Å². The van der Waals surface area contributed by atoms with Crippen molar-refractivity contribution in [3.05, 3.63) is 59.4 Å². The fraction of sp³-hybridized carbons (Fsp3) is 0.261. The second-order valence-corrected chi connectivity index (χ2v) is 7.99. The molecule has 4 heterocycles. The zero-order valence-electron chi connectivity index (χ0n) is 17.9. The van der Waals surface area contributed by atoms with Crippen LogP contribution in [0.25, 0.3) is 16.7 Å². The number of para-hydroxylation sites is 1. The van der Waals surface area contributed by atoms with Crippen LogP contribution in [-0.4, -0.2) is 38.5 Å². The van der Waals surface area contributed by atoms with Crippen molar-refractivity contribution in [1.82, 2.24) is 19.3 Å². The number of anilines is 1. The van der Waals surface area contributed by atoms with Crippen LogP contribution < -0.4 is 20.5 Å². The van der Waals surface area contributed by atoms with E-state index >= 15 is 0 Å². The van der Waals surface area contributed by atoms with Crippen molar-refractivity contribution < 1.29 is 9.47 Å². The minimum absolute atomic E-state index is 0.318. The third kappa shape index (κ3) is 2.81.